The summed E-state index contributed by atoms with van der Waals surface area (Å²) in [6.45, 7) is 3.28. The average molecular weight is 432 g/mol. The summed E-state index contributed by atoms with van der Waals surface area (Å²) in [5, 5.41) is 2.90. The van der Waals surface area contributed by atoms with E-state index in [1.807, 2.05) is 24.3 Å². The molecule has 2 amide bonds. The molecule has 0 spiro atoms. The summed E-state index contributed by atoms with van der Waals surface area (Å²) in [5.74, 6) is 1.02. The van der Waals surface area contributed by atoms with Gasteiger partial charge in [-0.3, -0.25) is 14.6 Å². The molecule has 1 atom stereocenters. The van der Waals surface area contributed by atoms with Crippen LogP contribution in [0.15, 0.2) is 49.1 Å². The number of nitrogens with zero attached hydrogens (tertiary/aromatic N) is 5. The number of hydrogen-bond donors (Lipinski definition) is 1. The first kappa shape index (κ1) is 21.4. The number of aromatic nitrogens is 4. The number of likely N-dealkylation sites (tertiary alicyclic amines) is 1. The molecule has 2 aromatic heterocycles. The van der Waals surface area contributed by atoms with Gasteiger partial charge in [0.05, 0.1) is 24.6 Å². The van der Waals surface area contributed by atoms with E-state index >= 15 is 0 Å². The smallest absolute Gasteiger partial charge is 0.274 e. The predicted molar refractivity (Wildman–Crippen MR) is 116 cm³/mol. The number of rotatable bonds is 6. The quantitative estimate of drug-likeness (QED) is 0.635. The number of carbonyl (C=O) groups is 2. The molecule has 1 fully saturated rings. The maximum Gasteiger partial charge on any atom is 0.274 e. The Bertz CT molecular complexity index is 1120. The van der Waals surface area contributed by atoms with Gasteiger partial charge in [0.2, 0.25) is 0 Å². The number of ether oxygens (including phenoxy) is 1. The third-order valence-corrected chi connectivity index (χ3v) is 5.45. The largest absolute Gasteiger partial charge is 0.497 e. The topological polar surface area (TPSA) is 110 Å². The predicted octanol–water partition coefficient (Wildman–Crippen LogP) is 2.14. The average Bonchev–Trinajstić information content (AvgIpc) is 3.33. The van der Waals surface area contributed by atoms with Crippen molar-refractivity contribution in [1.29, 1.82) is 0 Å². The van der Waals surface area contributed by atoms with Gasteiger partial charge >= 0.3 is 0 Å². The highest BCUT2D eigenvalue weighted by atomic mass is 16.5. The van der Waals surface area contributed by atoms with Crippen LogP contribution in [0, 0.1) is 6.92 Å². The lowest BCUT2D eigenvalue weighted by Gasteiger charge is -2.16. The minimum absolute atomic E-state index is 0.0169. The van der Waals surface area contributed by atoms with Gasteiger partial charge in [-0.1, -0.05) is 12.1 Å². The van der Waals surface area contributed by atoms with Crippen LogP contribution in [0.3, 0.4) is 0 Å². The Hall–Kier alpha value is -3.88. The van der Waals surface area contributed by atoms with Gasteiger partial charge in [0.25, 0.3) is 11.8 Å². The lowest BCUT2D eigenvalue weighted by atomic mass is 10.1. The van der Waals surface area contributed by atoms with E-state index < -0.39 is 0 Å². The van der Waals surface area contributed by atoms with Crippen LogP contribution in [0.5, 0.6) is 5.75 Å². The Kier molecular flexibility index (Phi) is 6.34. The molecule has 0 aliphatic carbocycles. The van der Waals surface area contributed by atoms with Crippen molar-refractivity contribution in [3.63, 3.8) is 0 Å². The number of nitrogens with one attached hydrogen (secondary N) is 1. The molecule has 0 bridgehead atoms. The van der Waals surface area contributed by atoms with Crippen molar-refractivity contribution >= 4 is 11.8 Å². The Morgan fingerprint density at radius 1 is 1.22 bits per heavy atom. The molecule has 0 unspecified atom stereocenters. The molecule has 32 heavy (non-hydrogen) atoms. The number of benzene rings is 1. The van der Waals surface area contributed by atoms with Crippen LogP contribution in [-0.4, -0.2) is 56.8 Å². The van der Waals surface area contributed by atoms with Gasteiger partial charge < -0.3 is 15.0 Å². The van der Waals surface area contributed by atoms with Gasteiger partial charge in [-0.15, -0.1) is 0 Å². The first-order valence-corrected chi connectivity index (χ1v) is 10.3. The fraction of sp³-hybridized carbons (Fsp3) is 0.304. The van der Waals surface area contributed by atoms with E-state index in [9.17, 15) is 9.59 Å². The zero-order chi connectivity index (χ0) is 22.5. The Balaban J connectivity index is 1.38. The molecule has 0 radical (unpaired) electrons. The summed E-state index contributed by atoms with van der Waals surface area (Å²) in [5.41, 5.74) is 2.30. The lowest BCUT2D eigenvalue weighted by molar-refractivity contribution is 0.0784. The van der Waals surface area contributed by atoms with Gasteiger partial charge in [0.1, 0.15) is 17.3 Å². The van der Waals surface area contributed by atoms with Crippen LogP contribution in [0.4, 0.5) is 0 Å². The van der Waals surface area contributed by atoms with E-state index in [0.29, 0.717) is 42.4 Å². The number of carbonyl (C=O) groups excluding carboxylic acids is 2. The minimum Gasteiger partial charge on any atom is -0.497 e. The summed E-state index contributed by atoms with van der Waals surface area (Å²) in [7, 11) is 1.61. The Morgan fingerprint density at radius 3 is 2.84 bits per heavy atom. The highest BCUT2D eigenvalue weighted by molar-refractivity contribution is 5.94. The highest BCUT2D eigenvalue weighted by Crippen LogP contribution is 2.26. The van der Waals surface area contributed by atoms with Crippen LogP contribution in [-0.2, 0) is 6.54 Å². The van der Waals surface area contributed by atoms with Crippen molar-refractivity contribution in [2.75, 3.05) is 20.2 Å². The summed E-state index contributed by atoms with van der Waals surface area (Å²) < 4.78 is 5.21. The summed E-state index contributed by atoms with van der Waals surface area (Å²) in [6.07, 6.45) is 6.83. The van der Waals surface area contributed by atoms with Gasteiger partial charge in [0, 0.05) is 44.1 Å². The normalized spacial score (nSPS) is 15.4. The van der Waals surface area contributed by atoms with Crippen LogP contribution in [0.1, 0.15) is 50.3 Å². The molecule has 1 aliphatic heterocycles. The number of amides is 2. The van der Waals surface area contributed by atoms with Crippen LogP contribution < -0.4 is 10.1 Å². The lowest BCUT2D eigenvalue weighted by Crippen LogP contribution is -2.29. The molecule has 1 N–H and O–H groups in total. The molecule has 0 saturated carbocycles. The molecule has 164 valence electrons. The molecule has 9 nitrogen and oxygen atoms in total. The van der Waals surface area contributed by atoms with Gasteiger partial charge in [0.15, 0.2) is 0 Å². The molecule has 3 heterocycles. The monoisotopic (exact) mass is 432 g/mol. The van der Waals surface area contributed by atoms with Gasteiger partial charge in [-0.05, 0) is 31.0 Å². The zero-order valence-corrected chi connectivity index (χ0v) is 18.0. The van der Waals surface area contributed by atoms with Crippen molar-refractivity contribution in [2.45, 2.75) is 25.8 Å². The molecule has 1 saturated heterocycles. The number of aryl methyl sites for hydroxylation is 1. The second kappa shape index (κ2) is 9.51. The van der Waals surface area contributed by atoms with E-state index in [0.717, 1.165) is 17.7 Å². The van der Waals surface area contributed by atoms with Crippen LogP contribution in [0.2, 0.25) is 0 Å². The van der Waals surface area contributed by atoms with Crippen molar-refractivity contribution in [3.05, 3.63) is 77.4 Å². The SMILES string of the molecule is COc1cccc(CNC(=O)c2cnc([C@H]3CCN(C(=O)c4cnccn4)C3)nc2C)c1. The molecule has 3 aromatic rings. The summed E-state index contributed by atoms with van der Waals surface area (Å²) in [6, 6.07) is 7.53. The molecule has 4 rings (SSSR count). The molecular weight excluding hydrogens is 408 g/mol. The second-order valence-corrected chi connectivity index (χ2v) is 7.59. The molecule has 1 aliphatic rings. The fourth-order valence-corrected chi connectivity index (χ4v) is 3.69. The molecular formula is C23H24N6O3. The third kappa shape index (κ3) is 4.72. The van der Waals surface area contributed by atoms with Crippen molar-refractivity contribution in [1.82, 2.24) is 30.2 Å². The summed E-state index contributed by atoms with van der Waals surface area (Å²) in [4.78, 5) is 44.0. The standard InChI is InChI=1S/C23H24N6O3/c1-15-19(22(30)27-11-16-4-3-5-18(10-16)32-2)12-26-21(28-15)17-6-9-29(14-17)23(31)20-13-24-7-8-25-20/h3-5,7-8,10,12-13,17H,6,9,11,14H2,1-2H3,(H,27,30)/t17-/m0/s1. The second-order valence-electron chi connectivity index (χ2n) is 7.59. The first-order chi connectivity index (χ1) is 15.5. The maximum absolute atomic E-state index is 12.6. The first-order valence-electron chi connectivity index (χ1n) is 10.3. The van der Waals surface area contributed by atoms with Crippen LogP contribution in [0.25, 0.3) is 0 Å². The van der Waals surface area contributed by atoms with E-state index in [2.05, 4.69) is 25.3 Å². The third-order valence-electron chi connectivity index (χ3n) is 5.45. The van der Waals surface area contributed by atoms with Crippen molar-refractivity contribution < 1.29 is 14.3 Å². The van der Waals surface area contributed by atoms with Gasteiger partial charge in [-0.25, -0.2) is 15.0 Å². The Morgan fingerprint density at radius 2 is 2.09 bits per heavy atom. The molecule has 9 heteroatoms. The van der Waals surface area contributed by atoms with Gasteiger partial charge in [-0.2, -0.15) is 0 Å². The minimum atomic E-state index is -0.234. The van der Waals surface area contributed by atoms with E-state index in [1.54, 1.807) is 25.1 Å². The van der Waals surface area contributed by atoms with Crippen molar-refractivity contribution in [2.24, 2.45) is 0 Å². The van der Waals surface area contributed by atoms with Crippen LogP contribution >= 0.6 is 0 Å². The van der Waals surface area contributed by atoms with E-state index in [4.69, 9.17) is 4.74 Å². The Labute approximate surface area is 185 Å². The fourth-order valence-electron chi connectivity index (χ4n) is 3.69. The van der Waals surface area contributed by atoms with Crippen molar-refractivity contribution in [3.8, 4) is 5.75 Å². The summed E-state index contributed by atoms with van der Waals surface area (Å²) >= 11 is 0. The maximum atomic E-state index is 12.6. The number of hydrogen-bond acceptors (Lipinski definition) is 7. The number of methoxy groups -OCH3 is 1. The van der Waals surface area contributed by atoms with E-state index in [1.165, 1.54) is 18.6 Å². The molecule has 1 aromatic carbocycles. The van der Waals surface area contributed by atoms with E-state index in [-0.39, 0.29) is 17.7 Å². The highest BCUT2D eigenvalue weighted by Gasteiger charge is 2.30. The zero-order valence-electron chi connectivity index (χ0n) is 18.0.